The van der Waals surface area contributed by atoms with E-state index in [4.69, 9.17) is 10.00 Å². The monoisotopic (exact) mass is 358 g/mol. The van der Waals surface area contributed by atoms with Crippen molar-refractivity contribution in [2.45, 2.75) is 19.4 Å². The van der Waals surface area contributed by atoms with Crippen LogP contribution in [0.2, 0.25) is 0 Å². The highest BCUT2D eigenvalue weighted by Crippen LogP contribution is 2.25. The van der Waals surface area contributed by atoms with Gasteiger partial charge in [0.1, 0.15) is 5.75 Å². The van der Waals surface area contributed by atoms with E-state index in [2.05, 4.69) is 18.2 Å². The number of rotatable bonds is 7. The Morgan fingerprint density at radius 1 is 1.04 bits per heavy atom. The minimum absolute atomic E-state index is 0.0841. The van der Waals surface area contributed by atoms with Crippen molar-refractivity contribution in [2.24, 2.45) is 0 Å². The lowest BCUT2D eigenvalue weighted by molar-refractivity contribution is -0.130. The minimum Gasteiger partial charge on any atom is -0.493 e. The molecule has 0 fully saturated rings. The van der Waals surface area contributed by atoms with Crippen LogP contribution in [-0.2, 0) is 11.3 Å². The van der Waals surface area contributed by atoms with Gasteiger partial charge in [-0.25, -0.2) is 0 Å². The van der Waals surface area contributed by atoms with Crippen molar-refractivity contribution in [3.05, 3.63) is 77.9 Å². The SMILES string of the molecule is CN(Cc1ccc(C#N)cc1)C(=O)CCCOc1cccc2ccccc12. The van der Waals surface area contributed by atoms with Gasteiger partial charge in [-0.1, -0.05) is 48.5 Å². The van der Waals surface area contributed by atoms with Crippen LogP contribution in [0.4, 0.5) is 0 Å². The normalized spacial score (nSPS) is 10.4. The van der Waals surface area contributed by atoms with Gasteiger partial charge in [-0.15, -0.1) is 0 Å². The summed E-state index contributed by atoms with van der Waals surface area (Å²) >= 11 is 0. The molecular formula is C23H22N2O2. The van der Waals surface area contributed by atoms with E-state index >= 15 is 0 Å². The van der Waals surface area contributed by atoms with E-state index in [1.807, 2.05) is 42.5 Å². The molecule has 0 bridgehead atoms. The van der Waals surface area contributed by atoms with Gasteiger partial charge in [0.15, 0.2) is 0 Å². The van der Waals surface area contributed by atoms with Crippen LogP contribution in [0.3, 0.4) is 0 Å². The van der Waals surface area contributed by atoms with Crippen LogP contribution in [-0.4, -0.2) is 24.5 Å². The smallest absolute Gasteiger partial charge is 0.222 e. The van der Waals surface area contributed by atoms with E-state index in [0.717, 1.165) is 22.1 Å². The molecule has 4 heteroatoms. The average Bonchev–Trinajstić information content (AvgIpc) is 2.71. The van der Waals surface area contributed by atoms with Crippen molar-refractivity contribution in [1.82, 2.24) is 4.90 Å². The fourth-order valence-corrected chi connectivity index (χ4v) is 2.96. The molecule has 0 aromatic heterocycles. The van der Waals surface area contributed by atoms with E-state index < -0.39 is 0 Å². The summed E-state index contributed by atoms with van der Waals surface area (Å²) in [6.45, 7) is 1.04. The maximum atomic E-state index is 12.3. The second-order valence-electron chi connectivity index (χ2n) is 6.49. The Balaban J connectivity index is 1.46. The lowest BCUT2D eigenvalue weighted by Gasteiger charge is -2.17. The number of nitrogens with zero attached hydrogens (tertiary/aromatic N) is 2. The lowest BCUT2D eigenvalue weighted by Crippen LogP contribution is -2.26. The molecule has 0 spiro atoms. The number of nitriles is 1. The summed E-state index contributed by atoms with van der Waals surface area (Å²) in [5.74, 6) is 0.937. The molecule has 0 aliphatic heterocycles. The number of carbonyl (C=O) groups is 1. The maximum absolute atomic E-state index is 12.3. The largest absolute Gasteiger partial charge is 0.493 e. The zero-order valence-electron chi connectivity index (χ0n) is 15.4. The molecule has 0 aliphatic carbocycles. The fraction of sp³-hybridized carbons (Fsp3) is 0.217. The topological polar surface area (TPSA) is 53.3 Å². The van der Waals surface area contributed by atoms with Gasteiger partial charge in [0.25, 0.3) is 0 Å². The Labute approximate surface area is 159 Å². The van der Waals surface area contributed by atoms with Crippen molar-refractivity contribution in [3.63, 3.8) is 0 Å². The predicted octanol–water partition coefficient (Wildman–Crippen LogP) is 4.53. The summed E-state index contributed by atoms with van der Waals surface area (Å²) in [4.78, 5) is 14.0. The number of carbonyl (C=O) groups excluding carboxylic acids is 1. The van der Waals surface area contributed by atoms with Gasteiger partial charge in [0.05, 0.1) is 18.2 Å². The van der Waals surface area contributed by atoms with Crippen LogP contribution in [0, 0.1) is 11.3 Å². The number of benzene rings is 3. The number of fused-ring (bicyclic) bond motifs is 1. The Bertz CT molecular complexity index is 953. The van der Waals surface area contributed by atoms with Gasteiger partial charge < -0.3 is 9.64 Å². The van der Waals surface area contributed by atoms with Crippen molar-refractivity contribution in [2.75, 3.05) is 13.7 Å². The van der Waals surface area contributed by atoms with Gasteiger partial charge in [-0.05, 0) is 35.6 Å². The minimum atomic E-state index is 0.0841. The molecule has 3 aromatic carbocycles. The van der Waals surface area contributed by atoms with Crippen LogP contribution >= 0.6 is 0 Å². The molecule has 0 radical (unpaired) electrons. The summed E-state index contributed by atoms with van der Waals surface area (Å²) < 4.78 is 5.89. The van der Waals surface area contributed by atoms with E-state index in [-0.39, 0.29) is 5.91 Å². The number of hydrogen-bond donors (Lipinski definition) is 0. The molecule has 0 N–H and O–H groups in total. The molecule has 0 saturated carbocycles. The Morgan fingerprint density at radius 2 is 1.78 bits per heavy atom. The molecule has 0 atom stereocenters. The summed E-state index contributed by atoms with van der Waals surface area (Å²) in [6.07, 6.45) is 1.11. The maximum Gasteiger partial charge on any atom is 0.222 e. The zero-order valence-corrected chi connectivity index (χ0v) is 15.4. The summed E-state index contributed by atoms with van der Waals surface area (Å²) in [6, 6.07) is 23.5. The first-order valence-corrected chi connectivity index (χ1v) is 9.01. The zero-order chi connectivity index (χ0) is 19.1. The van der Waals surface area contributed by atoms with Gasteiger partial charge in [0.2, 0.25) is 5.91 Å². The highest BCUT2D eigenvalue weighted by atomic mass is 16.5. The van der Waals surface area contributed by atoms with Crippen LogP contribution in [0.25, 0.3) is 10.8 Å². The van der Waals surface area contributed by atoms with E-state index in [1.54, 1.807) is 24.1 Å². The average molecular weight is 358 g/mol. The van der Waals surface area contributed by atoms with Crippen molar-refractivity contribution >= 4 is 16.7 Å². The molecular weight excluding hydrogens is 336 g/mol. The Kier molecular flexibility index (Phi) is 6.06. The van der Waals surface area contributed by atoms with Crippen molar-refractivity contribution in [3.8, 4) is 11.8 Å². The first kappa shape index (κ1) is 18.5. The van der Waals surface area contributed by atoms with Crippen LogP contribution in [0.15, 0.2) is 66.7 Å². The molecule has 0 heterocycles. The third-order valence-electron chi connectivity index (χ3n) is 4.47. The Morgan fingerprint density at radius 3 is 2.56 bits per heavy atom. The molecule has 3 aromatic rings. The van der Waals surface area contributed by atoms with Crippen molar-refractivity contribution < 1.29 is 9.53 Å². The summed E-state index contributed by atoms with van der Waals surface area (Å²) in [5, 5.41) is 11.1. The second kappa shape index (κ2) is 8.86. The van der Waals surface area contributed by atoms with Crippen LogP contribution < -0.4 is 4.74 Å². The standard InChI is InChI=1S/C23H22N2O2/c1-25(17-19-13-11-18(16-24)12-14-19)23(26)10-5-15-27-22-9-4-7-20-6-2-3-8-21(20)22/h2-4,6-9,11-14H,5,10,15,17H2,1H3. The third kappa shape index (κ3) is 4.86. The van der Waals surface area contributed by atoms with Crippen LogP contribution in [0.5, 0.6) is 5.75 Å². The molecule has 0 aliphatic rings. The van der Waals surface area contributed by atoms with Gasteiger partial charge in [-0.2, -0.15) is 5.26 Å². The molecule has 136 valence electrons. The quantitative estimate of drug-likeness (QED) is 0.583. The third-order valence-corrected chi connectivity index (χ3v) is 4.47. The summed E-state index contributed by atoms with van der Waals surface area (Å²) in [7, 11) is 1.80. The Hall–Kier alpha value is -3.32. The molecule has 27 heavy (non-hydrogen) atoms. The molecule has 4 nitrogen and oxygen atoms in total. The van der Waals surface area contributed by atoms with E-state index in [9.17, 15) is 4.79 Å². The highest BCUT2D eigenvalue weighted by Gasteiger charge is 2.09. The summed E-state index contributed by atoms with van der Waals surface area (Å²) in [5.41, 5.74) is 1.63. The molecule has 0 saturated heterocycles. The van der Waals surface area contributed by atoms with Crippen LogP contribution in [0.1, 0.15) is 24.0 Å². The second-order valence-corrected chi connectivity index (χ2v) is 6.49. The molecule has 0 unspecified atom stereocenters. The fourth-order valence-electron chi connectivity index (χ4n) is 2.96. The van der Waals surface area contributed by atoms with Gasteiger partial charge in [-0.3, -0.25) is 4.79 Å². The number of amides is 1. The molecule has 1 amide bonds. The molecule has 3 rings (SSSR count). The number of ether oxygens (including phenoxy) is 1. The van der Waals surface area contributed by atoms with E-state index in [0.29, 0.717) is 31.6 Å². The highest BCUT2D eigenvalue weighted by molar-refractivity contribution is 5.88. The van der Waals surface area contributed by atoms with E-state index in [1.165, 1.54) is 0 Å². The first-order chi connectivity index (χ1) is 13.2. The van der Waals surface area contributed by atoms with Crippen molar-refractivity contribution in [1.29, 1.82) is 5.26 Å². The first-order valence-electron chi connectivity index (χ1n) is 9.01. The number of hydrogen-bond acceptors (Lipinski definition) is 3. The van der Waals surface area contributed by atoms with Gasteiger partial charge in [0, 0.05) is 25.4 Å². The lowest BCUT2D eigenvalue weighted by atomic mass is 10.1. The predicted molar refractivity (Wildman–Crippen MR) is 106 cm³/mol. The van der Waals surface area contributed by atoms with Gasteiger partial charge >= 0.3 is 0 Å².